The van der Waals surface area contributed by atoms with Crippen molar-refractivity contribution in [1.82, 2.24) is 0 Å². The average Bonchev–Trinajstić information content (AvgIpc) is 2.45. The van der Waals surface area contributed by atoms with E-state index >= 15 is 0 Å². The van der Waals surface area contributed by atoms with Crippen LogP contribution in [0.3, 0.4) is 0 Å². The van der Waals surface area contributed by atoms with Gasteiger partial charge in [-0.25, -0.2) is 13.2 Å². The molecule has 22 heavy (non-hydrogen) atoms. The second-order valence-corrected chi connectivity index (χ2v) is 4.88. The van der Waals surface area contributed by atoms with Gasteiger partial charge in [0.25, 0.3) is 6.43 Å². The summed E-state index contributed by atoms with van der Waals surface area (Å²) in [6.07, 6.45) is -2.71. The first-order chi connectivity index (χ1) is 10.4. The number of hydrogen-bond acceptors (Lipinski definition) is 3. The number of rotatable bonds is 5. The van der Waals surface area contributed by atoms with E-state index in [1.54, 1.807) is 13.0 Å². The van der Waals surface area contributed by atoms with Gasteiger partial charge >= 0.3 is 0 Å². The number of benzene rings is 2. The predicted octanol–water partition coefficient (Wildman–Crippen LogP) is 4.48. The minimum Gasteiger partial charge on any atom is -0.489 e. The van der Waals surface area contributed by atoms with E-state index in [2.05, 4.69) is 0 Å². The molecule has 0 unspecified atom stereocenters. The second kappa shape index (κ2) is 6.70. The Balaban J connectivity index is 2.28. The van der Waals surface area contributed by atoms with Crippen LogP contribution < -0.4 is 9.80 Å². The summed E-state index contributed by atoms with van der Waals surface area (Å²) in [6.45, 7) is 1.67. The van der Waals surface area contributed by atoms with E-state index in [0.29, 0.717) is 21.9 Å². The van der Waals surface area contributed by atoms with Gasteiger partial charge < -0.3 is 4.74 Å². The van der Waals surface area contributed by atoms with Gasteiger partial charge in [0.05, 0.1) is 5.69 Å². The maximum Gasteiger partial charge on any atom is 0.265 e. The van der Waals surface area contributed by atoms with Gasteiger partial charge in [0.1, 0.15) is 18.2 Å². The summed E-state index contributed by atoms with van der Waals surface area (Å²) in [7, 11) is 1.27. The number of aryl methyl sites for hydroxylation is 1. The van der Waals surface area contributed by atoms with E-state index in [0.717, 1.165) is 0 Å². The Kier molecular flexibility index (Phi) is 4.92. The molecule has 2 rings (SSSR count). The van der Waals surface area contributed by atoms with Gasteiger partial charge in [-0.15, -0.1) is 0 Å². The number of alkyl halides is 2. The summed E-state index contributed by atoms with van der Waals surface area (Å²) >= 11 is 0. The Bertz CT molecular complexity index is 660. The number of ether oxygens (including phenoxy) is 1. The Morgan fingerprint density at radius 3 is 2.55 bits per heavy atom. The molecule has 0 amide bonds. The number of anilines is 1. The Morgan fingerprint density at radius 1 is 1.23 bits per heavy atom. The number of halogens is 3. The molecule has 0 aliphatic carbocycles. The molecule has 118 valence electrons. The summed E-state index contributed by atoms with van der Waals surface area (Å²) in [5, 5.41) is 10.3. The van der Waals surface area contributed by atoms with Crippen molar-refractivity contribution in [1.29, 1.82) is 0 Å². The van der Waals surface area contributed by atoms with Gasteiger partial charge in [-0.2, -0.15) is 0 Å². The molecule has 0 bridgehead atoms. The van der Waals surface area contributed by atoms with Crippen LogP contribution in [-0.4, -0.2) is 12.3 Å². The monoisotopic (exact) mass is 311 g/mol. The van der Waals surface area contributed by atoms with Crippen molar-refractivity contribution in [3.63, 3.8) is 0 Å². The highest BCUT2D eigenvalue weighted by Gasteiger charge is 2.19. The maximum absolute atomic E-state index is 13.0. The molecule has 0 aromatic heterocycles. The zero-order valence-corrected chi connectivity index (χ0v) is 12.2. The molecular weight excluding hydrogens is 295 g/mol. The van der Waals surface area contributed by atoms with Crippen molar-refractivity contribution in [2.75, 3.05) is 12.1 Å². The van der Waals surface area contributed by atoms with Crippen LogP contribution in [0.4, 0.5) is 18.9 Å². The molecule has 0 heterocycles. The predicted molar refractivity (Wildman–Crippen MR) is 77.1 cm³/mol. The molecule has 0 saturated carbocycles. The van der Waals surface area contributed by atoms with Crippen LogP contribution in [-0.2, 0) is 6.61 Å². The lowest BCUT2D eigenvalue weighted by Gasteiger charge is -2.20. The maximum atomic E-state index is 13.0. The van der Waals surface area contributed by atoms with Gasteiger partial charge in [0.15, 0.2) is 0 Å². The van der Waals surface area contributed by atoms with Crippen molar-refractivity contribution in [2.45, 2.75) is 20.0 Å². The molecule has 2 aromatic rings. The Morgan fingerprint density at radius 2 is 1.95 bits per heavy atom. The molecule has 0 radical (unpaired) electrons. The van der Waals surface area contributed by atoms with Gasteiger partial charge in [-0.1, -0.05) is 18.2 Å². The molecule has 1 N–H and O–H groups in total. The number of hydroxylamine groups is 1. The molecule has 6 heteroatoms. The van der Waals surface area contributed by atoms with Crippen LogP contribution in [0.25, 0.3) is 0 Å². The van der Waals surface area contributed by atoms with Gasteiger partial charge in [0, 0.05) is 18.2 Å². The summed E-state index contributed by atoms with van der Waals surface area (Å²) in [5.74, 6) is 0.0794. The zero-order chi connectivity index (χ0) is 16.3. The van der Waals surface area contributed by atoms with Crippen LogP contribution in [0, 0.1) is 12.7 Å². The van der Waals surface area contributed by atoms with Crippen LogP contribution >= 0.6 is 0 Å². The highest BCUT2D eigenvalue weighted by atomic mass is 19.3. The minimum atomic E-state index is -2.71. The second-order valence-electron chi connectivity index (χ2n) is 4.88. The SMILES string of the molecule is Cc1cc(F)ccc1OCc1cccc(C(F)F)c1N(C)O. The van der Waals surface area contributed by atoms with Gasteiger partial charge in [0.2, 0.25) is 0 Å². The lowest BCUT2D eigenvalue weighted by molar-refractivity contribution is 0.149. The molecule has 3 nitrogen and oxygen atoms in total. The Hall–Kier alpha value is -2.21. The molecule has 0 atom stereocenters. The first-order valence-corrected chi connectivity index (χ1v) is 6.61. The van der Waals surface area contributed by atoms with Gasteiger partial charge in [-0.05, 0) is 30.7 Å². The van der Waals surface area contributed by atoms with Crippen LogP contribution in [0.1, 0.15) is 23.1 Å². The normalized spacial score (nSPS) is 10.9. The number of hydrogen-bond donors (Lipinski definition) is 1. The third-order valence-corrected chi connectivity index (χ3v) is 3.23. The van der Waals surface area contributed by atoms with E-state index in [1.165, 1.54) is 37.4 Å². The van der Waals surface area contributed by atoms with E-state index < -0.39 is 6.43 Å². The van der Waals surface area contributed by atoms with Crippen molar-refractivity contribution >= 4 is 5.69 Å². The minimum absolute atomic E-state index is 0.0114. The van der Waals surface area contributed by atoms with E-state index in [9.17, 15) is 18.4 Å². The molecule has 2 aromatic carbocycles. The highest BCUT2D eigenvalue weighted by molar-refractivity contribution is 5.58. The van der Waals surface area contributed by atoms with Crippen LogP contribution in [0.15, 0.2) is 36.4 Å². The summed E-state index contributed by atoms with van der Waals surface area (Å²) in [5.41, 5.74) is 0.745. The van der Waals surface area contributed by atoms with Crippen molar-refractivity contribution in [3.8, 4) is 5.75 Å². The zero-order valence-electron chi connectivity index (χ0n) is 12.2. The molecule has 0 aliphatic heterocycles. The fourth-order valence-electron chi connectivity index (χ4n) is 2.23. The number of para-hydroxylation sites is 1. The summed E-state index contributed by atoms with van der Waals surface area (Å²) < 4.78 is 44.6. The highest BCUT2D eigenvalue weighted by Crippen LogP contribution is 2.32. The quantitative estimate of drug-likeness (QED) is 0.827. The van der Waals surface area contributed by atoms with Crippen molar-refractivity contribution < 1.29 is 23.1 Å². The average molecular weight is 311 g/mol. The lowest BCUT2D eigenvalue weighted by Crippen LogP contribution is -2.16. The molecular formula is C16H16F3NO2. The largest absolute Gasteiger partial charge is 0.489 e. The van der Waals surface area contributed by atoms with E-state index in [-0.39, 0.29) is 23.7 Å². The Labute approximate surface area is 126 Å². The molecule has 0 fully saturated rings. The van der Waals surface area contributed by atoms with Crippen LogP contribution in [0.2, 0.25) is 0 Å². The summed E-state index contributed by atoms with van der Waals surface area (Å²) in [4.78, 5) is 0. The molecule has 0 spiro atoms. The number of nitrogens with zero attached hydrogens (tertiary/aromatic N) is 1. The fraction of sp³-hybridized carbons (Fsp3) is 0.250. The van der Waals surface area contributed by atoms with E-state index in [1.807, 2.05) is 0 Å². The smallest absolute Gasteiger partial charge is 0.265 e. The third kappa shape index (κ3) is 3.51. The molecule has 0 aliphatic rings. The van der Waals surface area contributed by atoms with E-state index in [4.69, 9.17) is 4.74 Å². The van der Waals surface area contributed by atoms with Crippen molar-refractivity contribution in [2.24, 2.45) is 0 Å². The van der Waals surface area contributed by atoms with Gasteiger partial charge in [-0.3, -0.25) is 10.3 Å². The third-order valence-electron chi connectivity index (χ3n) is 3.23. The standard InChI is InChI=1S/C16H16F3NO2/c1-10-8-12(17)6-7-14(10)22-9-11-4-3-5-13(16(18)19)15(11)20(2)21/h3-8,16,21H,9H2,1-2H3. The first-order valence-electron chi connectivity index (χ1n) is 6.61. The van der Waals surface area contributed by atoms with Crippen molar-refractivity contribution in [3.05, 3.63) is 58.9 Å². The first kappa shape index (κ1) is 16.2. The molecule has 0 saturated heterocycles. The topological polar surface area (TPSA) is 32.7 Å². The fourth-order valence-corrected chi connectivity index (χ4v) is 2.23. The van der Waals surface area contributed by atoms with Crippen LogP contribution in [0.5, 0.6) is 5.75 Å². The lowest BCUT2D eigenvalue weighted by atomic mass is 10.1. The summed E-state index contributed by atoms with van der Waals surface area (Å²) in [6, 6.07) is 8.38.